The van der Waals surface area contributed by atoms with Crippen molar-refractivity contribution in [3.05, 3.63) is 69.0 Å². The molecule has 0 saturated carbocycles. The number of nitrogens with one attached hydrogen (secondary N) is 2. The van der Waals surface area contributed by atoms with Crippen LogP contribution in [0.15, 0.2) is 36.5 Å². The molecule has 2 aliphatic rings. The fourth-order valence-electron chi connectivity index (χ4n) is 3.78. The van der Waals surface area contributed by atoms with Gasteiger partial charge in [0.15, 0.2) is 0 Å². The number of nitrogens with zero attached hydrogens (tertiary/aromatic N) is 2. The van der Waals surface area contributed by atoms with Crippen molar-refractivity contribution in [3.63, 3.8) is 0 Å². The van der Waals surface area contributed by atoms with Gasteiger partial charge in [-0.15, -0.1) is 0 Å². The molecule has 2 aliphatic heterocycles. The van der Waals surface area contributed by atoms with Crippen LogP contribution in [-0.4, -0.2) is 53.4 Å². The number of aryl methyl sites for hydroxylation is 1. The lowest BCUT2D eigenvalue weighted by atomic mass is 9.92. The third kappa shape index (κ3) is 5.53. The van der Waals surface area contributed by atoms with Crippen LogP contribution < -0.4 is 10.8 Å². The third-order valence-corrected chi connectivity index (χ3v) is 6.02. The van der Waals surface area contributed by atoms with Crippen LogP contribution in [0.4, 0.5) is 26.3 Å². The molecule has 8 nitrogen and oxygen atoms in total. The maximum absolute atomic E-state index is 14.2. The molecule has 1 saturated heterocycles. The van der Waals surface area contributed by atoms with Crippen LogP contribution in [0.5, 0.6) is 0 Å². The highest BCUT2D eigenvalue weighted by atomic mass is 35.5. The smallest absolute Gasteiger partial charge is 0.338 e. The number of carbonyl (C=O) groups is 2. The largest absolute Gasteiger partial charge is 0.428 e. The van der Waals surface area contributed by atoms with Crippen molar-refractivity contribution in [1.29, 1.82) is 0 Å². The Labute approximate surface area is 220 Å². The summed E-state index contributed by atoms with van der Waals surface area (Å²) in [6, 6.07) is 3.29. The Bertz CT molecular complexity index is 1300. The Balaban J connectivity index is 1.56. The van der Waals surface area contributed by atoms with Crippen LogP contribution in [0, 0.1) is 6.92 Å². The minimum Gasteiger partial charge on any atom is -0.338 e. The molecule has 0 spiro atoms. The molecule has 2 unspecified atom stereocenters. The van der Waals surface area contributed by atoms with Gasteiger partial charge in [-0.3, -0.25) is 29.7 Å². The first-order valence-electron chi connectivity index (χ1n) is 10.6. The van der Waals surface area contributed by atoms with Gasteiger partial charge in [0.2, 0.25) is 5.60 Å². The Morgan fingerprint density at radius 3 is 2.42 bits per heavy atom. The Kier molecular flexibility index (Phi) is 7.29. The number of hydrogen-bond donors (Lipinski definition) is 2. The van der Waals surface area contributed by atoms with Crippen molar-refractivity contribution >= 4 is 40.7 Å². The van der Waals surface area contributed by atoms with Gasteiger partial charge in [-0.1, -0.05) is 23.2 Å². The first-order valence-corrected chi connectivity index (χ1v) is 11.3. The second kappa shape index (κ2) is 9.91. The average molecular weight is 585 g/mol. The van der Waals surface area contributed by atoms with Crippen molar-refractivity contribution in [1.82, 2.24) is 20.8 Å². The molecule has 4 rings (SSSR count). The lowest BCUT2D eigenvalue weighted by Crippen LogP contribution is -2.44. The number of pyridine rings is 1. The molecule has 38 heavy (non-hydrogen) atoms. The molecule has 2 atom stereocenters. The fraction of sp³-hybridized carbons (Fsp3) is 0.318. The highest BCUT2D eigenvalue weighted by Gasteiger charge is 2.60. The predicted octanol–water partition coefficient (Wildman–Crippen LogP) is 4.46. The molecule has 16 heteroatoms. The number of halogens is 8. The molecule has 2 aromatic rings. The minimum absolute atomic E-state index is 0.0186. The predicted molar refractivity (Wildman–Crippen MR) is 120 cm³/mol. The summed E-state index contributed by atoms with van der Waals surface area (Å²) < 4.78 is 80.1. The molecule has 204 valence electrons. The number of benzene rings is 1. The second-order valence-electron chi connectivity index (χ2n) is 8.35. The molecule has 3 heterocycles. The second-order valence-corrected chi connectivity index (χ2v) is 9.22. The highest BCUT2D eigenvalue weighted by molar-refractivity contribution is 6.34. The lowest BCUT2D eigenvalue weighted by molar-refractivity contribution is -0.269. The SMILES string of the molecule is Cc1cc(C2=CC(c3cc(Cl)cc(Cl)c3)(C(F)(F)F)ON2)ncc1C(=O)NC1CON(CC(F)(F)F)C1=O. The Morgan fingerprint density at radius 2 is 1.84 bits per heavy atom. The summed E-state index contributed by atoms with van der Waals surface area (Å²) in [4.78, 5) is 38.4. The summed E-state index contributed by atoms with van der Waals surface area (Å²) in [5.41, 5.74) is -1.15. The number of hydrogen-bond acceptors (Lipinski definition) is 6. The molecular weight excluding hydrogens is 569 g/mol. The van der Waals surface area contributed by atoms with E-state index in [0.717, 1.165) is 24.4 Å². The molecule has 1 aromatic heterocycles. The van der Waals surface area contributed by atoms with Crippen molar-refractivity contribution in [3.8, 4) is 0 Å². The summed E-state index contributed by atoms with van der Waals surface area (Å²) in [6.45, 7) is -0.696. The number of amides is 2. The van der Waals surface area contributed by atoms with E-state index >= 15 is 0 Å². The number of rotatable bonds is 5. The summed E-state index contributed by atoms with van der Waals surface area (Å²) >= 11 is 11.8. The number of alkyl halides is 6. The van der Waals surface area contributed by atoms with Gasteiger partial charge in [0.25, 0.3) is 11.8 Å². The summed E-state index contributed by atoms with van der Waals surface area (Å²) in [7, 11) is 0. The topological polar surface area (TPSA) is 92.8 Å². The molecule has 1 aromatic carbocycles. The van der Waals surface area contributed by atoms with Crippen LogP contribution in [0.25, 0.3) is 5.70 Å². The zero-order valence-corrected chi connectivity index (χ0v) is 20.5. The van der Waals surface area contributed by atoms with E-state index in [0.29, 0.717) is 0 Å². The van der Waals surface area contributed by atoms with E-state index in [1.165, 1.54) is 19.1 Å². The Hall–Kier alpha value is -3.07. The summed E-state index contributed by atoms with van der Waals surface area (Å²) in [5, 5.41) is 2.29. The first kappa shape index (κ1) is 28.0. The van der Waals surface area contributed by atoms with E-state index in [9.17, 15) is 35.9 Å². The quantitative estimate of drug-likeness (QED) is 0.504. The van der Waals surface area contributed by atoms with Gasteiger partial charge in [-0.25, -0.2) is 5.06 Å². The monoisotopic (exact) mass is 584 g/mol. The number of carbonyl (C=O) groups excluding carboxylic acids is 2. The maximum atomic E-state index is 14.2. The molecular formula is C22H16Cl2F6N4O4. The maximum Gasteiger partial charge on any atom is 0.428 e. The van der Waals surface area contributed by atoms with Crippen LogP contribution in [0.3, 0.4) is 0 Å². The van der Waals surface area contributed by atoms with Crippen LogP contribution in [-0.2, 0) is 20.1 Å². The van der Waals surface area contributed by atoms with Gasteiger partial charge < -0.3 is 5.32 Å². The van der Waals surface area contributed by atoms with Gasteiger partial charge in [0.05, 0.1) is 17.0 Å². The van der Waals surface area contributed by atoms with Crippen molar-refractivity contribution in [2.24, 2.45) is 0 Å². The Morgan fingerprint density at radius 1 is 1.18 bits per heavy atom. The fourth-order valence-corrected chi connectivity index (χ4v) is 4.30. The standard InChI is InChI=1S/C22H16Cl2F6N4O4/c1-10-2-15(16-6-20(38-33-16,22(28,29)30)11-3-12(23)5-13(24)4-11)31-7-14(10)18(35)32-17-8-37-34(19(17)36)9-21(25,26)27/h2-7,17,33H,8-9H2,1H3,(H,32,35). The van der Waals surface area contributed by atoms with Crippen molar-refractivity contribution in [2.75, 3.05) is 13.2 Å². The van der Waals surface area contributed by atoms with Gasteiger partial charge in [0, 0.05) is 21.8 Å². The molecule has 1 fully saturated rings. The van der Waals surface area contributed by atoms with E-state index < -0.39 is 49.0 Å². The van der Waals surface area contributed by atoms with E-state index in [1.54, 1.807) is 0 Å². The lowest BCUT2D eigenvalue weighted by Gasteiger charge is -2.28. The van der Waals surface area contributed by atoms with Crippen molar-refractivity contribution in [2.45, 2.75) is 30.9 Å². The molecule has 0 bridgehead atoms. The van der Waals surface area contributed by atoms with Crippen LogP contribution in [0.2, 0.25) is 10.0 Å². The number of hydroxylamine groups is 3. The van der Waals surface area contributed by atoms with Gasteiger partial charge in [0.1, 0.15) is 19.2 Å². The summed E-state index contributed by atoms with van der Waals surface area (Å²) in [5.74, 6) is -1.93. The minimum atomic E-state index is -4.94. The molecule has 0 radical (unpaired) electrons. The molecule has 2 N–H and O–H groups in total. The van der Waals surface area contributed by atoms with Crippen molar-refractivity contribution < 1.29 is 45.6 Å². The normalized spacial score (nSPS) is 21.9. The number of aromatic nitrogens is 1. The molecule has 0 aliphatic carbocycles. The summed E-state index contributed by atoms with van der Waals surface area (Å²) in [6.07, 6.45) is -7.85. The van der Waals surface area contributed by atoms with E-state index in [1.807, 2.05) is 0 Å². The van der Waals surface area contributed by atoms with E-state index in [2.05, 4.69) is 15.8 Å². The highest BCUT2D eigenvalue weighted by Crippen LogP contribution is 2.48. The zero-order valence-electron chi connectivity index (χ0n) is 19.0. The zero-order chi connectivity index (χ0) is 28.0. The van der Waals surface area contributed by atoms with Crippen LogP contribution in [0.1, 0.15) is 27.2 Å². The third-order valence-electron chi connectivity index (χ3n) is 5.58. The van der Waals surface area contributed by atoms with Gasteiger partial charge in [-0.2, -0.15) is 26.3 Å². The first-order chi connectivity index (χ1) is 17.6. The van der Waals surface area contributed by atoms with E-state index in [4.69, 9.17) is 32.9 Å². The van der Waals surface area contributed by atoms with Crippen LogP contribution >= 0.6 is 23.2 Å². The van der Waals surface area contributed by atoms with E-state index in [-0.39, 0.29) is 43.2 Å². The van der Waals surface area contributed by atoms with Gasteiger partial charge in [-0.05, 0) is 42.8 Å². The molecule has 2 amide bonds. The average Bonchev–Trinajstić information content (AvgIpc) is 3.38. The van der Waals surface area contributed by atoms with Gasteiger partial charge >= 0.3 is 12.4 Å².